The maximum absolute atomic E-state index is 13.5. The Bertz CT molecular complexity index is 1360. The summed E-state index contributed by atoms with van der Waals surface area (Å²) in [5.74, 6) is 0.00330. The molecule has 0 radical (unpaired) electrons. The summed E-state index contributed by atoms with van der Waals surface area (Å²) in [6.07, 6.45) is 1.98. The van der Waals surface area contributed by atoms with E-state index >= 15 is 0 Å². The van der Waals surface area contributed by atoms with Gasteiger partial charge in [-0.1, -0.05) is 53.6 Å². The number of carbonyl (C=O) groups is 1. The van der Waals surface area contributed by atoms with Crippen molar-refractivity contribution in [2.75, 3.05) is 10.6 Å². The standard InChI is InChI=1S/C25H19ClFN5O/c1-15-3-2-4-18(13-15)23(33)29-24-30-25-28-21(16-5-9-19(26)10-6-16)14-22(32(25)31-24)17-7-11-20(27)12-8-17/h2-14,22H,1H3,(H2,28,29,30,31,33)/t22-/m1/s1. The predicted molar refractivity (Wildman–Crippen MR) is 127 cm³/mol. The SMILES string of the molecule is Cc1cccc(C(=O)Nc2nc3n(n2)[C@@H](c2ccc(F)cc2)C=C(c2ccc(Cl)cc2)N3)c1. The Balaban J connectivity index is 1.51. The van der Waals surface area contributed by atoms with Gasteiger partial charge in [0.1, 0.15) is 11.9 Å². The van der Waals surface area contributed by atoms with Crippen molar-refractivity contribution in [3.8, 4) is 0 Å². The van der Waals surface area contributed by atoms with Crippen LogP contribution in [-0.2, 0) is 0 Å². The number of benzene rings is 3. The average Bonchev–Trinajstić information content (AvgIpc) is 3.22. The third-order valence-electron chi connectivity index (χ3n) is 5.34. The van der Waals surface area contributed by atoms with Crippen molar-refractivity contribution in [2.24, 2.45) is 0 Å². The molecular formula is C25H19ClFN5O. The van der Waals surface area contributed by atoms with Crippen molar-refractivity contribution in [2.45, 2.75) is 13.0 Å². The Morgan fingerprint density at radius 1 is 1.09 bits per heavy atom. The van der Waals surface area contributed by atoms with E-state index in [0.29, 0.717) is 16.5 Å². The lowest BCUT2D eigenvalue weighted by Crippen LogP contribution is -2.20. The van der Waals surface area contributed by atoms with Crippen LogP contribution in [0.2, 0.25) is 5.02 Å². The Kier molecular flexibility index (Phi) is 5.40. The first-order chi connectivity index (χ1) is 16.0. The molecule has 2 N–H and O–H groups in total. The lowest BCUT2D eigenvalue weighted by atomic mass is 10.0. The van der Waals surface area contributed by atoms with Gasteiger partial charge in [0.15, 0.2) is 0 Å². The highest BCUT2D eigenvalue weighted by Gasteiger charge is 2.26. The number of aryl methyl sites for hydroxylation is 1. The van der Waals surface area contributed by atoms with Crippen LogP contribution in [-0.4, -0.2) is 20.7 Å². The molecule has 1 aromatic heterocycles. The summed E-state index contributed by atoms with van der Waals surface area (Å²) < 4.78 is 15.2. The summed E-state index contributed by atoms with van der Waals surface area (Å²) >= 11 is 6.04. The normalized spacial score (nSPS) is 14.8. The number of amides is 1. The van der Waals surface area contributed by atoms with Crippen LogP contribution in [0.5, 0.6) is 0 Å². The topological polar surface area (TPSA) is 71.8 Å². The zero-order valence-corrected chi connectivity index (χ0v) is 18.3. The van der Waals surface area contributed by atoms with E-state index in [0.717, 1.165) is 22.4 Å². The van der Waals surface area contributed by atoms with Gasteiger partial charge in [0, 0.05) is 16.3 Å². The molecular weight excluding hydrogens is 441 g/mol. The first-order valence-corrected chi connectivity index (χ1v) is 10.7. The van der Waals surface area contributed by atoms with Crippen LogP contribution >= 0.6 is 11.6 Å². The summed E-state index contributed by atoms with van der Waals surface area (Å²) in [4.78, 5) is 17.2. The molecule has 0 saturated heterocycles. The number of hydrogen-bond acceptors (Lipinski definition) is 4. The number of hydrogen-bond donors (Lipinski definition) is 2. The molecule has 8 heteroatoms. The van der Waals surface area contributed by atoms with Gasteiger partial charge in [-0.05, 0) is 60.5 Å². The second-order valence-electron chi connectivity index (χ2n) is 7.74. The molecule has 4 aromatic rings. The molecule has 1 aliphatic rings. The quantitative estimate of drug-likeness (QED) is 0.411. The van der Waals surface area contributed by atoms with Crippen LogP contribution in [0.25, 0.3) is 5.70 Å². The number of carbonyl (C=O) groups excluding carboxylic acids is 1. The molecule has 3 aromatic carbocycles. The van der Waals surface area contributed by atoms with Crippen molar-refractivity contribution in [1.82, 2.24) is 14.8 Å². The largest absolute Gasteiger partial charge is 0.324 e. The van der Waals surface area contributed by atoms with Gasteiger partial charge in [-0.15, -0.1) is 5.10 Å². The molecule has 33 heavy (non-hydrogen) atoms. The molecule has 1 atom stereocenters. The van der Waals surface area contributed by atoms with Gasteiger partial charge in [0.2, 0.25) is 5.95 Å². The first kappa shape index (κ1) is 20.9. The Hall–Kier alpha value is -3.97. The van der Waals surface area contributed by atoms with Gasteiger partial charge in [-0.25, -0.2) is 9.07 Å². The number of nitrogens with one attached hydrogen (secondary N) is 2. The molecule has 0 aliphatic carbocycles. The second kappa shape index (κ2) is 8.52. The Morgan fingerprint density at radius 2 is 1.85 bits per heavy atom. The molecule has 2 heterocycles. The molecule has 164 valence electrons. The number of nitrogens with zero attached hydrogens (tertiary/aromatic N) is 3. The monoisotopic (exact) mass is 459 g/mol. The fourth-order valence-corrected chi connectivity index (χ4v) is 3.83. The van der Waals surface area contributed by atoms with E-state index in [-0.39, 0.29) is 23.7 Å². The molecule has 6 nitrogen and oxygen atoms in total. The number of halogens is 2. The molecule has 1 aliphatic heterocycles. The van der Waals surface area contributed by atoms with Crippen molar-refractivity contribution >= 4 is 35.1 Å². The van der Waals surface area contributed by atoms with E-state index in [9.17, 15) is 9.18 Å². The fourth-order valence-electron chi connectivity index (χ4n) is 3.70. The van der Waals surface area contributed by atoms with E-state index < -0.39 is 0 Å². The van der Waals surface area contributed by atoms with Crippen molar-refractivity contribution in [1.29, 1.82) is 0 Å². The maximum atomic E-state index is 13.5. The minimum absolute atomic E-state index is 0.168. The van der Waals surface area contributed by atoms with Crippen LogP contribution in [0.3, 0.4) is 0 Å². The third-order valence-corrected chi connectivity index (χ3v) is 5.59. The summed E-state index contributed by atoms with van der Waals surface area (Å²) in [5, 5.41) is 11.2. The van der Waals surface area contributed by atoms with Crippen LogP contribution in [0, 0.1) is 12.7 Å². The van der Waals surface area contributed by atoms with Gasteiger partial charge in [0.25, 0.3) is 11.9 Å². The van der Waals surface area contributed by atoms with E-state index in [1.165, 1.54) is 12.1 Å². The van der Waals surface area contributed by atoms with Crippen molar-refractivity contribution in [3.63, 3.8) is 0 Å². The lowest BCUT2D eigenvalue weighted by Gasteiger charge is -2.24. The Labute approximate surface area is 194 Å². The highest BCUT2D eigenvalue weighted by Crippen LogP contribution is 2.33. The molecule has 5 rings (SSSR count). The first-order valence-electron chi connectivity index (χ1n) is 10.3. The summed E-state index contributed by atoms with van der Waals surface area (Å²) in [6.45, 7) is 1.92. The van der Waals surface area contributed by atoms with Gasteiger partial charge in [-0.2, -0.15) is 4.98 Å². The minimum Gasteiger partial charge on any atom is -0.324 e. The molecule has 0 unspecified atom stereocenters. The average molecular weight is 460 g/mol. The van der Waals surface area contributed by atoms with E-state index in [1.54, 1.807) is 41.1 Å². The van der Waals surface area contributed by atoms with Gasteiger partial charge in [0.05, 0.1) is 0 Å². The fraction of sp³-hybridized carbons (Fsp3) is 0.0800. The molecule has 0 spiro atoms. The van der Waals surface area contributed by atoms with Crippen LogP contribution in [0.15, 0.2) is 78.9 Å². The number of allylic oxidation sites excluding steroid dienone is 1. The van der Waals surface area contributed by atoms with E-state index in [1.807, 2.05) is 37.3 Å². The Morgan fingerprint density at radius 3 is 2.58 bits per heavy atom. The maximum Gasteiger partial charge on any atom is 0.258 e. The van der Waals surface area contributed by atoms with Crippen LogP contribution in [0.1, 0.15) is 33.1 Å². The van der Waals surface area contributed by atoms with E-state index in [4.69, 9.17) is 11.6 Å². The molecule has 1 amide bonds. The van der Waals surface area contributed by atoms with Crippen molar-refractivity contribution < 1.29 is 9.18 Å². The van der Waals surface area contributed by atoms with Crippen LogP contribution in [0.4, 0.5) is 16.3 Å². The summed E-state index contributed by atoms with van der Waals surface area (Å²) in [7, 11) is 0. The number of rotatable bonds is 4. The number of aromatic nitrogens is 3. The highest BCUT2D eigenvalue weighted by molar-refractivity contribution is 6.30. The summed E-state index contributed by atoms with van der Waals surface area (Å²) in [6, 6.07) is 20.6. The predicted octanol–water partition coefficient (Wildman–Crippen LogP) is 5.69. The van der Waals surface area contributed by atoms with Crippen LogP contribution < -0.4 is 10.6 Å². The molecule has 0 bridgehead atoms. The van der Waals surface area contributed by atoms with Gasteiger partial charge in [-0.3, -0.25) is 10.1 Å². The zero-order chi connectivity index (χ0) is 22.9. The van der Waals surface area contributed by atoms with Gasteiger partial charge >= 0.3 is 0 Å². The molecule has 0 saturated carbocycles. The smallest absolute Gasteiger partial charge is 0.258 e. The van der Waals surface area contributed by atoms with Gasteiger partial charge < -0.3 is 5.32 Å². The third kappa shape index (κ3) is 4.36. The van der Waals surface area contributed by atoms with Crippen molar-refractivity contribution in [3.05, 3.63) is 112 Å². The second-order valence-corrected chi connectivity index (χ2v) is 8.17. The number of anilines is 2. The van der Waals surface area contributed by atoms with E-state index in [2.05, 4.69) is 20.7 Å². The highest BCUT2D eigenvalue weighted by atomic mass is 35.5. The molecule has 0 fully saturated rings. The number of fused-ring (bicyclic) bond motifs is 1. The minimum atomic E-state index is -0.357. The zero-order valence-electron chi connectivity index (χ0n) is 17.6. The lowest BCUT2D eigenvalue weighted by molar-refractivity contribution is 0.102. The summed E-state index contributed by atoms with van der Waals surface area (Å²) in [5.41, 5.74) is 4.04.